The summed E-state index contributed by atoms with van der Waals surface area (Å²) in [6.45, 7) is 1.91. The first kappa shape index (κ1) is 14.8. The molecule has 1 aliphatic rings. The van der Waals surface area contributed by atoms with Crippen molar-refractivity contribution in [2.75, 3.05) is 39.2 Å². The fourth-order valence-electron chi connectivity index (χ4n) is 2.32. The predicted octanol–water partition coefficient (Wildman–Crippen LogP) is 1.44. The number of anilines is 1. The number of fused-ring (bicyclic) bond motifs is 1. The highest BCUT2D eigenvalue weighted by molar-refractivity contribution is 5.95. The van der Waals surface area contributed by atoms with Crippen LogP contribution in [0.25, 0.3) is 0 Å². The van der Waals surface area contributed by atoms with Gasteiger partial charge in [-0.3, -0.25) is 4.79 Å². The molecule has 5 nitrogen and oxygen atoms in total. The molecular weight excluding hydrogens is 256 g/mol. The number of carbonyl (C=O) groups is 1. The lowest BCUT2D eigenvalue weighted by Gasteiger charge is -2.19. The van der Waals surface area contributed by atoms with E-state index in [9.17, 15) is 4.79 Å². The van der Waals surface area contributed by atoms with Gasteiger partial charge in [0.2, 0.25) is 0 Å². The van der Waals surface area contributed by atoms with Crippen molar-refractivity contribution in [1.29, 1.82) is 0 Å². The molecule has 0 saturated carbocycles. The Hall–Kier alpha value is -1.59. The van der Waals surface area contributed by atoms with Crippen molar-refractivity contribution in [2.45, 2.75) is 18.9 Å². The minimum atomic E-state index is -0.122. The molecule has 1 heterocycles. The molecule has 0 saturated heterocycles. The van der Waals surface area contributed by atoms with Gasteiger partial charge in [-0.25, -0.2) is 0 Å². The Morgan fingerprint density at radius 1 is 1.45 bits per heavy atom. The van der Waals surface area contributed by atoms with Gasteiger partial charge in [0.15, 0.2) is 0 Å². The van der Waals surface area contributed by atoms with Crippen LogP contribution in [0.15, 0.2) is 18.2 Å². The van der Waals surface area contributed by atoms with E-state index in [1.807, 2.05) is 18.2 Å². The SMILES string of the molecule is COCC(CNC(=O)c1ccc2c(c1)CCCN2)OC. The molecule has 1 atom stereocenters. The van der Waals surface area contributed by atoms with Crippen molar-refractivity contribution >= 4 is 11.6 Å². The molecule has 0 bridgehead atoms. The van der Waals surface area contributed by atoms with Gasteiger partial charge in [-0.15, -0.1) is 0 Å². The van der Waals surface area contributed by atoms with E-state index in [0.29, 0.717) is 18.7 Å². The second kappa shape index (κ2) is 7.26. The van der Waals surface area contributed by atoms with Gasteiger partial charge in [0, 0.05) is 38.6 Å². The normalized spacial score (nSPS) is 15.1. The maximum atomic E-state index is 12.1. The molecule has 1 aliphatic heterocycles. The van der Waals surface area contributed by atoms with E-state index in [2.05, 4.69) is 10.6 Å². The number of nitrogens with one attached hydrogen (secondary N) is 2. The van der Waals surface area contributed by atoms with Crippen LogP contribution >= 0.6 is 0 Å². The van der Waals surface area contributed by atoms with E-state index < -0.39 is 0 Å². The maximum absolute atomic E-state index is 12.1. The second-order valence-corrected chi connectivity index (χ2v) is 4.93. The summed E-state index contributed by atoms with van der Waals surface area (Å²) in [5.74, 6) is -0.0727. The smallest absolute Gasteiger partial charge is 0.251 e. The van der Waals surface area contributed by atoms with Crippen LogP contribution in [0.3, 0.4) is 0 Å². The van der Waals surface area contributed by atoms with Crippen LogP contribution in [0.2, 0.25) is 0 Å². The summed E-state index contributed by atoms with van der Waals surface area (Å²) in [6.07, 6.45) is 2.01. The predicted molar refractivity (Wildman–Crippen MR) is 78.3 cm³/mol. The van der Waals surface area contributed by atoms with E-state index in [-0.39, 0.29) is 12.0 Å². The standard InChI is InChI=1S/C15H22N2O3/c1-19-10-13(20-2)9-17-15(18)12-5-6-14-11(8-12)4-3-7-16-14/h5-6,8,13,16H,3-4,7,9-10H2,1-2H3,(H,17,18). The van der Waals surface area contributed by atoms with Gasteiger partial charge in [0.1, 0.15) is 0 Å². The lowest BCUT2D eigenvalue weighted by atomic mass is 10.0. The number of benzene rings is 1. The topological polar surface area (TPSA) is 59.6 Å². The minimum absolute atomic E-state index is 0.0727. The summed E-state index contributed by atoms with van der Waals surface area (Å²) in [7, 11) is 3.23. The number of ether oxygens (including phenoxy) is 2. The summed E-state index contributed by atoms with van der Waals surface area (Å²) in [5.41, 5.74) is 3.05. The average molecular weight is 278 g/mol. The number of hydrogen-bond acceptors (Lipinski definition) is 4. The minimum Gasteiger partial charge on any atom is -0.385 e. The van der Waals surface area contributed by atoms with Gasteiger partial charge in [-0.05, 0) is 36.6 Å². The quantitative estimate of drug-likeness (QED) is 0.826. The van der Waals surface area contributed by atoms with Crippen LogP contribution < -0.4 is 10.6 Å². The summed E-state index contributed by atoms with van der Waals surface area (Å²) >= 11 is 0. The number of amides is 1. The molecule has 0 aliphatic carbocycles. The molecule has 110 valence electrons. The largest absolute Gasteiger partial charge is 0.385 e. The molecule has 5 heteroatoms. The van der Waals surface area contributed by atoms with E-state index in [0.717, 1.165) is 25.1 Å². The Labute approximate surface area is 119 Å². The van der Waals surface area contributed by atoms with Gasteiger partial charge in [0.05, 0.1) is 12.7 Å². The average Bonchev–Trinajstić information content (AvgIpc) is 2.50. The Bertz CT molecular complexity index is 462. The molecule has 1 amide bonds. The number of hydrogen-bond donors (Lipinski definition) is 2. The first-order valence-corrected chi connectivity index (χ1v) is 6.91. The molecule has 0 aromatic heterocycles. The van der Waals surface area contributed by atoms with E-state index in [4.69, 9.17) is 9.47 Å². The zero-order valence-corrected chi connectivity index (χ0v) is 12.1. The van der Waals surface area contributed by atoms with Crippen molar-refractivity contribution in [3.8, 4) is 0 Å². The lowest BCUT2D eigenvalue weighted by molar-refractivity contribution is 0.0285. The third kappa shape index (κ3) is 3.71. The highest BCUT2D eigenvalue weighted by Gasteiger charge is 2.14. The Kier molecular flexibility index (Phi) is 5.38. The Morgan fingerprint density at radius 2 is 2.30 bits per heavy atom. The monoisotopic (exact) mass is 278 g/mol. The second-order valence-electron chi connectivity index (χ2n) is 4.93. The van der Waals surface area contributed by atoms with Gasteiger partial charge in [0.25, 0.3) is 5.91 Å². The van der Waals surface area contributed by atoms with Crippen molar-refractivity contribution in [2.24, 2.45) is 0 Å². The molecule has 1 unspecified atom stereocenters. The Morgan fingerprint density at radius 3 is 3.05 bits per heavy atom. The number of carbonyl (C=O) groups excluding carboxylic acids is 1. The van der Waals surface area contributed by atoms with Crippen molar-refractivity contribution in [3.63, 3.8) is 0 Å². The molecule has 1 aromatic rings. The number of rotatable bonds is 6. The van der Waals surface area contributed by atoms with Crippen molar-refractivity contribution < 1.29 is 14.3 Å². The molecule has 2 N–H and O–H groups in total. The van der Waals surface area contributed by atoms with Crippen LogP contribution in [0, 0.1) is 0 Å². The Balaban J connectivity index is 1.95. The van der Waals surface area contributed by atoms with Crippen LogP contribution in [0.5, 0.6) is 0 Å². The lowest BCUT2D eigenvalue weighted by Crippen LogP contribution is -2.35. The zero-order chi connectivity index (χ0) is 14.4. The van der Waals surface area contributed by atoms with E-state index >= 15 is 0 Å². The van der Waals surface area contributed by atoms with Crippen LogP contribution in [0.1, 0.15) is 22.3 Å². The fraction of sp³-hybridized carbons (Fsp3) is 0.533. The van der Waals surface area contributed by atoms with Gasteiger partial charge in [-0.1, -0.05) is 0 Å². The molecule has 1 aromatic carbocycles. The van der Waals surface area contributed by atoms with Crippen molar-refractivity contribution in [3.05, 3.63) is 29.3 Å². The molecule has 0 radical (unpaired) electrons. The van der Waals surface area contributed by atoms with Crippen LogP contribution in [0.4, 0.5) is 5.69 Å². The highest BCUT2D eigenvalue weighted by atomic mass is 16.5. The summed E-state index contributed by atoms with van der Waals surface area (Å²) in [6, 6.07) is 5.80. The highest BCUT2D eigenvalue weighted by Crippen LogP contribution is 2.22. The number of methoxy groups -OCH3 is 2. The fourth-order valence-corrected chi connectivity index (χ4v) is 2.32. The molecule has 2 rings (SSSR count). The van der Waals surface area contributed by atoms with Gasteiger partial charge >= 0.3 is 0 Å². The van der Waals surface area contributed by atoms with Gasteiger partial charge < -0.3 is 20.1 Å². The van der Waals surface area contributed by atoms with E-state index in [1.165, 1.54) is 5.56 Å². The van der Waals surface area contributed by atoms with Crippen LogP contribution in [-0.4, -0.2) is 45.9 Å². The third-order valence-corrected chi connectivity index (χ3v) is 3.48. The molecular formula is C15H22N2O3. The molecule has 0 fully saturated rings. The van der Waals surface area contributed by atoms with Crippen molar-refractivity contribution in [1.82, 2.24) is 5.32 Å². The summed E-state index contributed by atoms with van der Waals surface area (Å²) < 4.78 is 10.2. The molecule has 20 heavy (non-hydrogen) atoms. The maximum Gasteiger partial charge on any atom is 0.251 e. The first-order chi connectivity index (χ1) is 9.74. The van der Waals surface area contributed by atoms with E-state index in [1.54, 1.807) is 14.2 Å². The van der Waals surface area contributed by atoms with Gasteiger partial charge in [-0.2, -0.15) is 0 Å². The zero-order valence-electron chi connectivity index (χ0n) is 12.1. The molecule has 0 spiro atoms. The number of aryl methyl sites for hydroxylation is 1. The third-order valence-electron chi connectivity index (χ3n) is 3.48. The first-order valence-electron chi connectivity index (χ1n) is 6.91. The summed E-state index contributed by atoms with van der Waals surface area (Å²) in [5, 5.41) is 6.21. The summed E-state index contributed by atoms with van der Waals surface area (Å²) in [4.78, 5) is 12.1. The van der Waals surface area contributed by atoms with Crippen LogP contribution in [-0.2, 0) is 15.9 Å².